The van der Waals surface area contributed by atoms with E-state index >= 15 is 0 Å². The van der Waals surface area contributed by atoms with Gasteiger partial charge < -0.3 is 14.6 Å². The number of alkyl halides is 3. The average Bonchev–Trinajstić information content (AvgIpc) is 3.13. The van der Waals surface area contributed by atoms with E-state index in [0.29, 0.717) is 11.6 Å². The number of amides is 1. The van der Waals surface area contributed by atoms with Crippen LogP contribution in [0.2, 0.25) is 5.02 Å². The number of rotatable bonds is 5. The van der Waals surface area contributed by atoms with Gasteiger partial charge in [-0.1, -0.05) is 41.9 Å². The molecule has 2 aromatic carbocycles. The van der Waals surface area contributed by atoms with E-state index in [-0.39, 0.29) is 10.7 Å². The third kappa shape index (κ3) is 4.83. The molecule has 1 amide bonds. The van der Waals surface area contributed by atoms with E-state index in [1.165, 1.54) is 28.8 Å². The van der Waals surface area contributed by atoms with E-state index in [1.807, 2.05) is 0 Å². The number of halogens is 4. The number of esters is 1. The van der Waals surface area contributed by atoms with E-state index in [1.54, 1.807) is 37.5 Å². The molecule has 0 aliphatic heterocycles. The van der Waals surface area contributed by atoms with E-state index in [4.69, 9.17) is 16.3 Å². The lowest BCUT2D eigenvalue weighted by molar-refractivity contribution is -0.137. The molecule has 0 spiro atoms. The molecule has 0 unspecified atom stereocenters. The molecule has 30 heavy (non-hydrogen) atoms. The fourth-order valence-corrected chi connectivity index (χ4v) is 2.97. The molecule has 156 valence electrons. The predicted octanol–water partition coefficient (Wildman–Crippen LogP) is 5.23. The lowest BCUT2D eigenvalue weighted by atomic mass is 10.1. The van der Waals surface area contributed by atoms with Crippen molar-refractivity contribution in [2.45, 2.75) is 12.3 Å². The van der Waals surface area contributed by atoms with Gasteiger partial charge in [-0.05, 0) is 30.3 Å². The van der Waals surface area contributed by atoms with Crippen molar-refractivity contribution in [2.75, 3.05) is 5.32 Å². The zero-order valence-electron chi connectivity index (χ0n) is 15.6. The van der Waals surface area contributed by atoms with Crippen LogP contribution >= 0.6 is 11.6 Å². The maximum absolute atomic E-state index is 13.3. The van der Waals surface area contributed by atoms with Crippen molar-refractivity contribution in [3.8, 4) is 0 Å². The van der Waals surface area contributed by atoms with Crippen molar-refractivity contribution < 1.29 is 27.5 Å². The van der Waals surface area contributed by atoms with Crippen LogP contribution in [0.3, 0.4) is 0 Å². The van der Waals surface area contributed by atoms with Gasteiger partial charge >= 0.3 is 12.1 Å². The minimum absolute atomic E-state index is 0.130. The van der Waals surface area contributed by atoms with Gasteiger partial charge in [0.25, 0.3) is 5.91 Å². The molecule has 0 radical (unpaired) electrons. The Hall–Kier alpha value is -3.26. The van der Waals surface area contributed by atoms with Crippen molar-refractivity contribution in [1.82, 2.24) is 4.57 Å². The molecule has 0 fully saturated rings. The standard InChI is InChI=1S/C21H16ClF3N2O3/c1-27-11-5-8-17(27)20(29)30-18(13-6-3-2-4-7-13)19(28)26-16-10-9-14(22)12-15(16)21(23,24)25/h2-12,18H,1H3,(H,26,28)/t18-/m1/s1. The minimum Gasteiger partial charge on any atom is -0.443 e. The Morgan fingerprint density at radius 3 is 2.37 bits per heavy atom. The molecule has 1 N–H and O–H groups in total. The van der Waals surface area contributed by atoms with Gasteiger partial charge in [-0.3, -0.25) is 4.79 Å². The van der Waals surface area contributed by atoms with Gasteiger partial charge in [0.1, 0.15) is 5.69 Å². The Bertz CT molecular complexity index is 1060. The molecule has 0 saturated carbocycles. The first-order chi connectivity index (χ1) is 14.2. The topological polar surface area (TPSA) is 60.3 Å². The SMILES string of the molecule is Cn1cccc1C(=O)O[C@@H](C(=O)Nc1ccc(Cl)cc1C(F)(F)F)c1ccccc1. The third-order valence-corrected chi connectivity index (χ3v) is 4.50. The Kier molecular flexibility index (Phi) is 6.17. The maximum atomic E-state index is 13.3. The van der Waals surface area contributed by atoms with E-state index in [2.05, 4.69) is 5.32 Å². The third-order valence-electron chi connectivity index (χ3n) is 4.26. The number of nitrogens with one attached hydrogen (secondary N) is 1. The molecule has 1 heterocycles. The van der Waals surface area contributed by atoms with E-state index in [9.17, 15) is 22.8 Å². The summed E-state index contributed by atoms with van der Waals surface area (Å²) < 4.78 is 46.9. The summed E-state index contributed by atoms with van der Waals surface area (Å²) in [6.45, 7) is 0. The maximum Gasteiger partial charge on any atom is 0.418 e. The molecular weight excluding hydrogens is 421 g/mol. The lowest BCUT2D eigenvalue weighted by Crippen LogP contribution is -2.27. The summed E-state index contributed by atoms with van der Waals surface area (Å²) in [5, 5.41) is 2.08. The molecule has 0 aliphatic carbocycles. The number of aryl methyl sites for hydroxylation is 1. The number of carbonyl (C=O) groups excluding carboxylic acids is 2. The summed E-state index contributed by atoms with van der Waals surface area (Å²) in [6.07, 6.45) is -4.59. The van der Waals surface area contributed by atoms with Gasteiger partial charge in [-0.2, -0.15) is 13.2 Å². The van der Waals surface area contributed by atoms with Crippen LogP contribution in [0.4, 0.5) is 18.9 Å². The number of carbonyl (C=O) groups is 2. The largest absolute Gasteiger partial charge is 0.443 e. The Labute approximate surface area is 175 Å². The lowest BCUT2D eigenvalue weighted by Gasteiger charge is -2.20. The molecule has 5 nitrogen and oxygen atoms in total. The summed E-state index contributed by atoms with van der Waals surface area (Å²) in [5.74, 6) is -1.73. The van der Waals surface area contributed by atoms with Crippen LogP contribution in [0.15, 0.2) is 66.9 Å². The quantitative estimate of drug-likeness (QED) is 0.557. The zero-order chi connectivity index (χ0) is 21.9. The normalized spacial score (nSPS) is 12.3. The molecule has 1 aromatic heterocycles. The van der Waals surface area contributed by atoms with Crippen molar-refractivity contribution in [3.05, 3.63) is 88.7 Å². The van der Waals surface area contributed by atoms with E-state index in [0.717, 1.165) is 6.07 Å². The van der Waals surface area contributed by atoms with Crippen LogP contribution in [0, 0.1) is 0 Å². The first-order valence-electron chi connectivity index (χ1n) is 8.71. The Balaban J connectivity index is 1.92. The number of hydrogen-bond donors (Lipinski definition) is 1. The molecule has 3 aromatic rings. The van der Waals surface area contributed by atoms with Crippen LogP contribution in [0.1, 0.15) is 27.7 Å². The highest BCUT2D eigenvalue weighted by Crippen LogP contribution is 2.37. The smallest absolute Gasteiger partial charge is 0.418 e. The van der Waals surface area contributed by atoms with Crippen molar-refractivity contribution >= 4 is 29.2 Å². The number of nitrogens with zero attached hydrogens (tertiary/aromatic N) is 1. The van der Waals surface area contributed by atoms with E-state index < -0.39 is 35.4 Å². The Morgan fingerprint density at radius 2 is 1.77 bits per heavy atom. The summed E-state index contributed by atoms with van der Waals surface area (Å²) in [5.41, 5.74) is -1.11. The van der Waals surface area contributed by atoms with Crippen LogP contribution < -0.4 is 5.32 Å². The summed E-state index contributed by atoms with van der Waals surface area (Å²) in [7, 11) is 1.62. The number of benzene rings is 2. The number of anilines is 1. The summed E-state index contributed by atoms with van der Waals surface area (Å²) >= 11 is 5.67. The van der Waals surface area contributed by atoms with Gasteiger partial charge in [0.05, 0.1) is 11.3 Å². The van der Waals surface area contributed by atoms with Gasteiger partial charge in [0, 0.05) is 23.8 Å². The van der Waals surface area contributed by atoms with Gasteiger partial charge in [0.15, 0.2) is 0 Å². The molecule has 9 heteroatoms. The molecular formula is C21H16ClF3N2O3. The fourth-order valence-electron chi connectivity index (χ4n) is 2.80. The highest BCUT2D eigenvalue weighted by Gasteiger charge is 2.35. The fraction of sp³-hybridized carbons (Fsp3) is 0.143. The summed E-state index contributed by atoms with van der Waals surface area (Å²) in [4.78, 5) is 25.4. The highest BCUT2D eigenvalue weighted by molar-refractivity contribution is 6.30. The number of ether oxygens (including phenoxy) is 1. The monoisotopic (exact) mass is 436 g/mol. The highest BCUT2D eigenvalue weighted by atomic mass is 35.5. The minimum atomic E-state index is -4.74. The van der Waals surface area contributed by atoms with Crippen molar-refractivity contribution in [2.24, 2.45) is 7.05 Å². The van der Waals surface area contributed by atoms with Crippen LogP contribution in [-0.4, -0.2) is 16.4 Å². The van der Waals surface area contributed by atoms with Crippen LogP contribution in [0.5, 0.6) is 0 Å². The van der Waals surface area contributed by atoms with Crippen LogP contribution in [0.25, 0.3) is 0 Å². The first-order valence-corrected chi connectivity index (χ1v) is 9.09. The molecule has 0 aliphatic rings. The van der Waals surface area contributed by atoms with Crippen molar-refractivity contribution in [3.63, 3.8) is 0 Å². The predicted molar refractivity (Wildman–Crippen MR) is 105 cm³/mol. The second-order valence-corrected chi connectivity index (χ2v) is 6.81. The van der Waals surface area contributed by atoms with Gasteiger partial charge in [-0.25, -0.2) is 4.79 Å². The zero-order valence-corrected chi connectivity index (χ0v) is 16.4. The summed E-state index contributed by atoms with van der Waals surface area (Å²) in [6, 6.07) is 14.1. The molecule has 1 atom stereocenters. The van der Waals surface area contributed by atoms with Gasteiger partial charge in [0.2, 0.25) is 6.10 Å². The second kappa shape index (κ2) is 8.62. The second-order valence-electron chi connectivity index (χ2n) is 6.38. The molecule has 3 rings (SSSR count). The molecule has 0 saturated heterocycles. The molecule has 0 bridgehead atoms. The van der Waals surface area contributed by atoms with Crippen molar-refractivity contribution in [1.29, 1.82) is 0 Å². The Morgan fingerprint density at radius 1 is 1.07 bits per heavy atom. The number of hydrogen-bond acceptors (Lipinski definition) is 3. The van der Waals surface area contributed by atoms with Gasteiger partial charge in [-0.15, -0.1) is 0 Å². The first kappa shape index (κ1) is 21.4. The number of aromatic nitrogens is 1. The van der Waals surface area contributed by atoms with Crippen LogP contribution in [-0.2, 0) is 22.8 Å². The average molecular weight is 437 g/mol.